The Labute approximate surface area is 127 Å². The normalized spacial score (nSPS) is 10.3. The number of carbonyl (C=O) groups excluding carboxylic acids is 1. The van der Waals surface area contributed by atoms with Crippen molar-refractivity contribution < 1.29 is 9.18 Å². The van der Waals surface area contributed by atoms with E-state index in [0.717, 1.165) is 8.95 Å². The molecule has 0 atom stereocenters. The predicted molar refractivity (Wildman–Crippen MR) is 79.4 cm³/mol. The van der Waals surface area contributed by atoms with Crippen molar-refractivity contribution >= 4 is 37.8 Å². The molecule has 0 radical (unpaired) electrons. The van der Waals surface area contributed by atoms with E-state index in [2.05, 4.69) is 37.2 Å². The Balaban J connectivity index is 2.06. The van der Waals surface area contributed by atoms with Gasteiger partial charge in [-0.15, -0.1) is 0 Å². The standard InChI is InChI=1S/C14H10Br2FNO/c15-11-3-1-2-9(6-11)14(19)18-8-10-7-12(16)4-5-13(10)17/h1-7H,8H2,(H,18,19). The topological polar surface area (TPSA) is 29.1 Å². The lowest BCUT2D eigenvalue weighted by Gasteiger charge is -2.07. The second kappa shape index (κ2) is 6.30. The van der Waals surface area contributed by atoms with Crippen molar-refractivity contribution in [2.24, 2.45) is 0 Å². The zero-order valence-electron chi connectivity index (χ0n) is 9.79. The van der Waals surface area contributed by atoms with Crippen LogP contribution in [0.4, 0.5) is 4.39 Å². The van der Waals surface area contributed by atoms with E-state index in [1.54, 1.807) is 30.3 Å². The minimum Gasteiger partial charge on any atom is -0.348 e. The lowest BCUT2D eigenvalue weighted by atomic mass is 10.2. The Kier molecular flexibility index (Phi) is 4.71. The maximum atomic E-state index is 13.5. The monoisotopic (exact) mass is 385 g/mol. The Morgan fingerprint density at radius 3 is 2.58 bits per heavy atom. The third kappa shape index (κ3) is 3.88. The molecule has 0 bridgehead atoms. The van der Waals surface area contributed by atoms with Gasteiger partial charge in [-0.05, 0) is 36.4 Å². The van der Waals surface area contributed by atoms with Crippen molar-refractivity contribution in [3.63, 3.8) is 0 Å². The van der Waals surface area contributed by atoms with Gasteiger partial charge in [0.05, 0.1) is 0 Å². The number of hydrogen-bond acceptors (Lipinski definition) is 1. The summed E-state index contributed by atoms with van der Waals surface area (Å²) in [6, 6.07) is 11.7. The number of carbonyl (C=O) groups is 1. The van der Waals surface area contributed by atoms with Gasteiger partial charge in [0, 0.05) is 26.6 Å². The highest BCUT2D eigenvalue weighted by Crippen LogP contribution is 2.16. The largest absolute Gasteiger partial charge is 0.348 e. The molecule has 0 heterocycles. The fraction of sp³-hybridized carbons (Fsp3) is 0.0714. The molecular formula is C14H10Br2FNO. The molecule has 5 heteroatoms. The highest BCUT2D eigenvalue weighted by molar-refractivity contribution is 9.10. The van der Waals surface area contributed by atoms with Crippen molar-refractivity contribution in [3.8, 4) is 0 Å². The van der Waals surface area contributed by atoms with Crippen LogP contribution in [-0.4, -0.2) is 5.91 Å². The average Bonchev–Trinajstić information content (AvgIpc) is 2.39. The molecule has 0 saturated heterocycles. The van der Waals surface area contributed by atoms with E-state index in [-0.39, 0.29) is 18.3 Å². The molecule has 2 nitrogen and oxygen atoms in total. The third-order valence-electron chi connectivity index (χ3n) is 2.53. The van der Waals surface area contributed by atoms with Crippen LogP contribution in [0.5, 0.6) is 0 Å². The van der Waals surface area contributed by atoms with Gasteiger partial charge in [0.25, 0.3) is 5.91 Å². The summed E-state index contributed by atoms with van der Waals surface area (Å²) in [5.74, 6) is -0.571. The van der Waals surface area contributed by atoms with Crippen LogP contribution in [0.3, 0.4) is 0 Å². The van der Waals surface area contributed by atoms with Gasteiger partial charge < -0.3 is 5.32 Å². The number of benzene rings is 2. The maximum absolute atomic E-state index is 13.5. The summed E-state index contributed by atoms with van der Waals surface area (Å²) in [6.45, 7) is 0.149. The quantitative estimate of drug-likeness (QED) is 0.837. The molecule has 0 aromatic heterocycles. The maximum Gasteiger partial charge on any atom is 0.251 e. The van der Waals surface area contributed by atoms with Crippen LogP contribution in [0.25, 0.3) is 0 Å². The van der Waals surface area contributed by atoms with Crippen molar-refractivity contribution in [2.75, 3.05) is 0 Å². The van der Waals surface area contributed by atoms with Crippen LogP contribution in [0, 0.1) is 5.82 Å². The molecular weight excluding hydrogens is 377 g/mol. The van der Waals surface area contributed by atoms with Gasteiger partial charge in [-0.2, -0.15) is 0 Å². The lowest BCUT2D eigenvalue weighted by molar-refractivity contribution is 0.0950. The minimum atomic E-state index is -0.335. The van der Waals surface area contributed by atoms with E-state index in [0.29, 0.717) is 11.1 Å². The average molecular weight is 387 g/mol. The lowest BCUT2D eigenvalue weighted by Crippen LogP contribution is -2.23. The van der Waals surface area contributed by atoms with E-state index in [4.69, 9.17) is 0 Å². The minimum absolute atomic E-state index is 0.149. The molecule has 2 rings (SSSR count). The molecule has 0 unspecified atom stereocenters. The predicted octanol–water partition coefficient (Wildman–Crippen LogP) is 4.28. The first kappa shape index (κ1) is 14.2. The number of halogens is 3. The Hall–Kier alpha value is -1.20. The molecule has 0 spiro atoms. The van der Waals surface area contributed by atoms with Crippen molar-refractivity contribution in [2.45, 2.75) is 6.54 Å². The van der Waals surface area contributed by atoms with Gasteiger partial charge in [-0.25, -0.2) is 4.39 Å². The highest BCUT2D eigenvalue weighted by Gasteiger charge is 2.08. The molecule has 19 heavy (non-hydrogen) atoms. The summed E-state index contributed by atoms with van der Waals surface area (Å²) in [4.78, 5) is 11.9. The number of amides is 1. The summed E-state index contributed by atoms with van der Waals surface area (Å²) < 4.78 is 15.1. The van der Waals surface area contributed by atoms with Crippen LogP contribution < -0.4 is 5.32 Å². The molecule has 1 amide bonds. The second-order valence-corrected chi connectivity index (χ2v) is 5.76. The first-order chi connectivity index (χ1) is 9.06. The molecule has 0 aliphatic carbocycles. The number of nitrogens with one attached hydrogen (secondary N) is 1. The van der Waals surface area contributed by atoms with Gasteiger partial charge in [-0.3, -0.25) is 4.79 Å². The van der Waals surface area contributed by atoms with E-state index < -0.39 is 0 Å². The van der Waals surface area contributed by atoms with E-state index >= 15 is 0 Å². The second-order valence-electron chi connectivity index (χ2n) is 3.93. The summed E-state index contributed by atoms with van der Waals surface area (Å²) in [5, 5.41) is 2.69. The molecule has 2 aromatic rings. The molecule has 0 aliphatic rings. The van der Waals surface area contributed by atoms with Crippen LogP contribution in [0.15, 0.2) is 51.4 Å². The SMILES string of the molecule is O=C(NCc1cc(Br)ccc1F)c1cccc(Br)c1. The van der Waals surface area contributed by atoms with Gasteiger partial charge in [0.1, 0.15) is 5.82 Å². The van der Waals surface area contributed by atoms with Gasteiger partial charge >= 0.3 is 0 Å². The van der Waals surface area contributed by atoms with Crippen LogP contribution >= 0.6 is 31.9 Å². The summed E-state index contributed by atoms with van der Waals surface area (Å²) in [5.41, 5.74) is 0.975. The van der Waals surface area contributed by atoms with Gasteiger partial charge in [0.15, 0.2) is 0 Å². The van der Waals surface area contributed by atoms with Gasteiger partial charge in [0.2, 0.25) is 0 Å². The third-order valence-corrected chi connectivity index (χ3v) is 3.52. The highest BCUT2D eigenvalue weighted by atomic mass is 79.9. The zero-order chi connectivity index (χ0) is 13.8. The fourth-order valence-corrected chi connectivity index (χ4v) is 2.39. The zero-order valence-corrected chi connectivity index (χ0v) is 13.0. The summed E-state index contributed by atoms with van der Waals surface area (Å²) >= 11 is 6.57. The molecule has 0 fully saturated rings. The van der Waals surface area contributed by atoms with Crippen LogP contribution in [0.1, 0.15) is 15.9 Å². The molecule has 98 valence electrons. The molecule has 1 N–H and O–H groups in total. The fourth-order valence-electron chi connectivity index (χ4n) is 1.59. The van der Waals surface area contributed by atoms with Crippen LogP contribution in [0.2, 0.25) is 0 Å². The first-order valence-electron chi connectivity index (χ1n) is 5.54. The Morgan fingerprint density at radius 1 is 1.11 bits per heavy atom. The number of hydrogen-bond donors (Lipinski definition) is 1. The summed E-state index contributed by atoms with van der Waals surface area (Å²) in [6.07, 6.45) is 0. The van der Waals surface area contributed by atoms with E-state index in [9.17, 15) is 9.18 Å². The Bertz CT molecular complexity index is 616. The Morgan fingerprint density at radius 2 is 1.84 bits per heavy atom. The smallest absolute Gasteiger partial charge is 0.251 e. The van der Waals surface area contributed by atoms with Crippen LogP contribution in [-0.2, 0) is 6.54 Å². The molecule has 2 aromatic carbocycles. The molecule has 0 saturated carbocycles. The van der Waals surface area contributed by atoms with Crippen molar-refractivity contribution in [1.82, 2.24) is 5.32 Å². The van der Waals surface area contributed by atoms with Crippen molar-refractivity contribution in [1.29, 1.82) is 0 Å². The first-order valence-corrected chi connectivity index (χ1v) is 7.12. The van der Waals surface area contributed by atoms with Gasteiger partial charge in [-0.1, -0.05) is 37.9 Å². The molecule has 0 aliphatic heterocycles. The van der Waals surface area contributed by atoms with E-state index in [1.165, 1.54) is 6.07 Å². The van der Waals surface area contributed by atoms with Crippen molar-refractivity contribution in [3.05, 3.63) is 68.4 Å². The summed E-state index contributed by atoms with van der Waals surface area (Å²) in [7, 11) is 0. The van der Waals surface area contributed by atoms with E-state index in [1.807, 2.05) is 6.07 Å². The number of rotatable bonds is 3.